The first kappa shape index (κ1) is 25.7. The van der Waals surface area contributed by atoms with Crippen LogP contribution in [0.2, 0.25) is 5.02 Å². The summed E-state index contributed by atoms with van der Waals surface area (Å²) in [5.74, 6) is -1.88. The SMILES string of the molecule is Cn1nc(C(C)(C)C)c(Cl)c1-c1nc2c(C(F)(F)F)cc(-c3c(F)cccc3F)cc2[nH]1.[H-].[Na+]. The van der Waals surface area contributed by atoms with Gasteiger partial charge >= 0.3 is 35.7 Å². The Morgan fingerprint density at radius 1 is 1.06 bits per heavy atom. The van der Waals surface area contributed by atoms with Crippen LogP contribution < -0.4 is 29.6 Å². The van der Waals surface area contributed by atoms with Gasteiger partial charge in [0.2, 0.25) is 0 Å². The van der Waals surface area contributed by atoms with Crippen LogP contribution in [0.5, 0.6) is 0 Å². The molecule has 2 heterocycles. The molecular weight excluding hydrogens is 474 g/mol. The molecule has 0 saturated carbocycles. The molecule has 0 atom stereocenters. The van der Waals surface area contributed by atoms with Crippen molar-refractivity contribution in [2.75, 3.05) is 0 Å². The largest absolute Gasteiger partial charge is 1.00 e. The molecule has 2 aromatic carbocycles. The van der Waals surface area contributed by atoms with E-state index in [4.69, 9.17) is 11.6 Å². The van der Waals surface area contributed by atoms with Crippen molar-refractivity contribution in [3.8, 4) is 22.6 Å². The number of benzene rings is 2. The van der Waals surface area contributed by atoms with Crippen molar-refractivity contribution in [2.24, 2.45) is 7.05 Å². The zero-order valence-corrected chi connectivity index (χ0v) is 21.3. The Kier molecular flexibility index (Phi) is 6.76. The summed E-state index contributed by atoms with van der Waals surface area (Å²) in [6, 6.07) is 5.04. The number of nitrogens with one attached hydrogen (secondary N) is 1. The number of hydrogen-bond donors (Lipinski definition) is 1. The van der Waals surface area contributed by atoms with E-state index in [1.165, 1.54) is 10.7 Å². The first-order valence-corrected chi connectivity index (χ1v) is 9.95. The number of aromatic amines is 1. The van der Waals surface area contributed by atoms with Crippen LogP contribution in [-0.2, 0) is 18.6 Å². The van der Waals surface area contributed by atoms with Gasteiger partial charge in [-0.25, -0.2) is 13.8 Å². The minimum Gasteiger partial charge on any atom is -1.00 e. The van der Waals surface area contributed by atoms with E-state index < -0.39 is 34.4 Å². The fourth-order valence-electron chi connectivity index (χ4n) is 3.60. The molecule has 0 radical (unpaired) electrons. The Morgan fingerprint density at radius 2 is 1.67 bits per heavy atom. The molecule has 0 amide bonds. The number of alkyl halides is 3. The number of H-pyrrole nitrogens is 1. The van der Waals surface area contributed by atoms with Crippen molar-refractivity contribution in [1.82, 2.24) is 19.7 Å². The molecule has 0 fully saturated rings. The molecular formula is C22H19ClF5N4Na. The third-order valence-corrected chi connectivity index (χ3v) is 5.43. The van der Waals surface area contributed by atoms with E-state index >= 15 is 0 Å². The molecule has 0 aliphatic heterocycles. The Balaban J connectivity index is 0.00000204. The summed E-state index contributed by atoms with van der Waals surface area (Å²) in [6.45, 7) is 5.71. The fourth-order valence-corrected chi connectivity index (χ4v) is 4.13. The van der Waals surface area contributed by atoms with Gasteiger partial charge in [0.05, 0.1) is 27.4 Å². The molecule has 0 aliphatic rings. The van der Waals surface area contributed by atoms with E-state index in [2.05, 4.69) is 15.1 Å². The monoisotopic (exact) mass is 492 g/mol. The molecule has 0 unspecified atom stereocenters. The topological polar surface area (TPSA) is 46.5 Å². The number of halogens is 6. The molecule has 0 bridgehead atoms. The number of fused-ring (bicyclic) bond motifs is 1. The van der Waals surface area contributed by atoms with Crippen molar-refractivity contribution >= 4 is 22.6 Å². The van der Waals surface area contributed by atoms with Gasteiger partial charge in [-0.05, 0) is 29.8 Å². The Bertz CT molecular complexity index is 1340. The van der Waals surface area contributed by atoms with Gasteiger partial charge in [0, 0.05) is 12.5 Å². The third-order valence-electron chi connectivity index (χ3n) is 5.07. The van der Waals surface area contributed by atoms with E-state index in [0.717, 1.165) is 18.2 Å². The predicted molar refractivity (Wildman–Crippen MR) is 113 cm³/mol. The maximum atomic E-state index is 14.3. The summed E-state index contributed by atoms with van der Waals surface area (Å²) in [7, 11) is 1.61. The van der Waals surface area contributed by atoms with Crippen molar-refractivity contribution in [3.05, 3.63) is 58.2 Å². The molecule has 4 aromatic rings. The summed E-state index contributed by atoms with van der Waals surface area (Å²) >= 11 is 6.51. The van der Waals surface area contributed by atoms with Crippen molar-refractivity contribution in [1.29, 1.82) is 0 Å². The average molecular weight is 493 g/mol. The zero-order chi connectivity index (χ0) is 23.6. The van der Waals surface area contributed by atoms with Crippen LogP contribution >= 0.6 is 11.6 Å². The van der Waals surface area contributed by atoms with E-state index in [0.29, 0.717) is 17.5 Å². The van der Waals surface area contributed by atoms with Crippen LogP contribution in [0, 0.1) is 11.6 Å². The van der Waals surface area contributed by atoms with Crippen LogP contribution in [0.25, 0.3) is 33.7 Å². The summed E-state index contributed by atoms with van der Waals surface area (Å²) in [5.41, 5.74) is -1.91. The first-order chi connectivity index (χ1) is 14.8. The van der Waals surface area contributed by atoms with Crippen LogP contribution in [0.3, 0.4) is 0 Å². The summed E-state index contributed by atoms with van der Waals surface area (Å²) < 4.78 is 71.6. The van der Waals surface area contributed by atoms with Gasteiger partial charge in [0.15, 0.2) is 5.82 Å². The molecule has 1 N–H and O–H groups in total. The second kappa shape index (κ2) is 8.69. The smallest absolute Gasteiger partial charge is 1.00 e. The molecule has 2 aromatic heterocycles. The standard InChI is InChI=1S/C22H18ClF5N4.Na.H/c1-21(2,3)19-16(23)18(32(4)31-19)20-29-14-9-10(15-12(24)6-5-7-13(15)25)8-11(17(14)30-20)22(26,27)28;;/h5-9H,1-4H3,(H,29,30);;/q;+1;-1. The minimum absolute atomic E-state index is 0. The molecule has 33 heavy (non-hydrogen) atoms. The zero-order valence-electron chi connectivity index (χ0n) is 19.5. The summed E-state index contributed by atoms with van der Waals surface area (Å²) in [6.07, 6.45) is -4.81. The van der Waals surface area contributed by atoms with Crippen LogP contribution in [0.15, 0.2) is 30.3 Å². The molecule has 0 aliphatic carbocycles. The van der Waals surface area contributed by atoms with Gasteiger partial charge in [-0.3, -0.25) is 4.68 Å². The molecule has 170 valence electrons. The number of hydrogen-bond acceptors (Lipinski definition) is 2. The Labute approximate surface area is 214 Å². The van der Waals surface area contributed by atoms with Gasteiger partial charge in [-0.15, -0.1) is 0 Å². The summed E-state index contributed by atoms with van der Waals surface area (Å²) in [4.78, 5) is 6.96. The average Bonchev–Trinajstić information content (AvgIpc) is 3.19. The third kappa shape index (κ3) is 4.56. The van der Waals surface area contributed by atoms with Crippen molar-refractivity contribution in [3.63, 3.8) is 0 Å². The number of rotatable bonds is 2. The Morgan fingerprint density at radius 3 is 2.18 bits per heavy atom. The van der Waals surface area contributed by atoms with Crippen molar-refractivity contribution in [2.45, 2.75) is 32.4 Å². The van der Waals surface area contributed by atoms with Crippen LogP contribution in [-0.4, -0.2) is 19.7 Å². The first-order valence-electron chi connectivity index (χ1n) is 9.57. The Hall–Kier alpha value is -1.94. The molecule has 4 nitrogen and oxygen atoms in total. The number of nitrogens with zero attached hydrogens (tertiary/aromatic N) is 3. The molecule has 0 saturated heterocycles. The molecule has 11 heteroatoms. The van der Waals surface area contributed by atoms with E-state index in [1.807, 2.05) is 20.8 Å². The molecule has 0 spiro atoms. The van der Waals surface area contributed by atoms with E-state index in [-0.39, 0.29) is 58.4 Å². The normalized spacial score (nSPS) is 12.3. The van der Waals surface area contributed by atoms with Gasteiger partial charge in [0.1, 0.15) is 22.8 Å². The van der Waals surface area contributed by atoms with Gasteiger partial charge < -0.3 is 6.41 Å². The second-order valence-corrected chi connectivity index (χ2v) is 8.86. The minimum atomic E-state index is -4.81. The van der Waals surface area contributed by atoms with E-state index in [1.54, 1.807) is 7.05 Å². The maximum absolute atomic E-state index is 14.3. The maximum Gasteiger partial charge on any atom is 1.00 e. The quantitative estimate of drug-likeness (QED) is 0.340. The number of aryl methyl sites for hydroxylation is 1. The van der Waals surface area contributed by atoms with Gasteiger partial charge in [-0.1, -0.05) is 38.4 Å². The fraction of sp³-hybridized carbons (Fsp3) is 0.273. The van der Waals surface area contributed by atoms with Crippen LogP contribution in [0.4, 0.5) is 22.0 Å². The molecule has 4 rings (SSSR count). The van der Waals surface area contributed by atoms with Crippen LogP contribution in [0.1, 0.15) is 33.5 Å². The number of aromatic nitrogens is 4. The van der Waals surface area contributed by atoms with Gasteiger partial charge in [0.25, 0.3) is 0 Å². The van der Waals surface area contributed by atoms with Gasteiger partial charge in [-0.2, -0.15) is 18.3 Å². The number of imidazole rings is 1. The summed E-state index contributed by atoms with van der Waals surface area (Å²) in [5, 5.41) is 4.65. The predicted octanol–water partition coefficient (Wildman–Crippen LogP) is 3.99. The van der Waals surface area contributed by atoms with Crippen molar-refractivity contribution < 1.29 is 52.9 Å². The second-order valence-electron chi connectivity index (χ2n) is 8.48. The van der Waals surface area contributed by atoms with E-state index in [9.17, 15) is 22.0 Å².